The molecule has 1 aromatic rings. The third-order valence-corrected chi connectivity index (χ3v) is 3.84. The van der Waals surface area contributed by atoms with Crippen LogP contribution in [-0.4, -0.2) is 23.3 Å². The van der Waals surface area contributed by atoms with Crippen LogP contribution >= 0.6 is 0 Å². The first-order chi connectivity index (χ1) is 10.7. The SMILES string of the molecule is CCCCCCCC(CCC)OC(O)C(=O)c1ccccc1. The zero-order valence-corrected chi connectivity index (χ0v) is 14.0. The Kier molecular flexibility index (Phi) is 9.76. The molecule has 2 atom stereocenters. The summed E-state index contributed by atoms with van der Waals surface area (Å²) < 4.78 is 5.62. The average Bonchev–Trinajstić information content (AvgIpc) is 2.54. The molecule has 0 aromatic heterocycles. The van der Waals surface area contributed by atoms with Crippen molar-refractivity contribution in [2.45, 2.75) is 77.6 Å². The summed E-state index contributed by atoms with van der Waals surface area (Å²) in [6.45, 7) is 4.30. The Morgan fingerprint density at radius 1 is 1.00 bits per heavy atom. The molecule has 1 rings (SSSR count). The number of Topliss-reactive ketones (excluding diaryl/α,β-unsaturated/α-hetero) is 1. The van der Waals surface area contributed by atoms with Crippen molar-refractivity contribution in [3.05, 3.63) is 35.9 Å². The van der Waals surface area contributed by atoms with E-state index in [2.05, 4.69) is 13.8 Å². The van der Waals surface area contributed by atoms with Gasteiger partial charge in [0.15, 0.2) is 0 Å². The van der Waals surface area contributed by atoms with Gasteiger partial charge in [0.2, 0.25) is 12.1 Å². The highest BCUT2D eigenvalue weighted by Crippen LogP contribution is 2.16. The summed E-state index contributed by atoms with van der Waals surface area (Å²) in [6.07, 6.45) is 7.45. The van der Waals surface area contributed by atoms with Crippen LogP contribution in [0.1, 0.15) is 75.6 Å². The van der Waals surface area contributed by atoms with Crippen molar-refractivity contribution < 1.29 is 14.6 Å². The number of carbonyl (C=O) groups excluding carboxylic acids is 1. The van der Waals surface area contributed by atoms with Crippen molar-refractivity contribution in [1.82, 2.24) is 0 Å². The number of rotatable bonds is 12. The molecule has 3 heteroatoms. The minimum Gasteiger partial charge on any atom is -0.362 e. The molecule has 2 unspecified atom stereocenters. The number of benzene rings is 1. The van der Waals surface area contributed by atoms with Gasteiger partial charge in [0.1, 0.15) is 0 Å². The highest BCUT2D eigenvalue weighted by Gasteiger charge is 2.21. The predicted molar refractivity (Wildman–Crippen MR) is 89.9 cm³/mol. The van der Waals surface area contributed by atoms with E-state index in [0.717, 1.165) is 25.7 Å². The predicted octanol–water partition coefficient (Wildman–Crippen LogP) is 4.73. The summed E-state index contributed by atoms with van der Waals surface area (Å²) in [7, 11) is 0. The molecule has 0 bridgehead atoms. The lowest BCUT2D eigenvalue weighted by Crippen LogP contribution is -2.29. The van der Waals surface area contributed by atoms with Gasteiger partial charge in [-0.15, -0.1) is 0 Å². The van der Waals surface area contributed by atoms with Crippen molar-refractivity contribution in [2.24, 2.45) is 0 Å². The van der Waals surface area contributed by atoms with Gasteiger partial charge in [-0.3, -0.25) is 4.79 Å². The number of ether oxygens (including phenoxy) is 1. The van der Waals surface area contributed by atoms with E-state index >= 15 is 0 Å². The highest BCUT2D eigenvalue weighted by atomic mass is 16.6. The summed E-state index contributed by atoms with van der Waals surface area (Å²) in [5.74, 6) is -0.354. The maximum Gasteiger partial charge on any atom is 0.220 e. The fourth-order valence-electron chi connectivity index (χ4n) is 2.57. The molecule has 22 heavy (non-hydrogen) atoms. The Balaban J connectivity index is 2.42. The fourth-order valence-corrected chi connectivity index (χ4v) is 2.57. The molecule has 1 aromatic carbocycles. The first-order valence-corrected chi connectivity index (χ1v) is 8.61. The summed E-state index contributed by atoms with van der Waals surface area (Å²) in [4.78, 5) is 12.1. The van der Waals surface area contributed by atoms with Crippen LogP contribution in [0.4, 0.5) is 0 Å². The van der Waals surface area contributed by atoms with Gasteiger partial charge in [0.05, 0.1) is 6.10 Å². The molecule has 0 heterocycles. The van der Waals surface area contributed by atoms with Crippen LogP contribution in [0.15, 0.2) is 30.3 Å². The number of unbranched alkanes of at least 4 members (excludes halogenated alkanes) is 4. The lowest BCUT2D eigenvalue weighted by molar-refractivity contribution is -0.113. The molecule has 0 saturated carbocycles. The molecule has 0 aliphatic heterocycles. The lowest BCUT2D eigenvalue weighted by atomic mass is 10.0. The van der Waals surface area contributed by atoms with Gasteiger partial charge in [-0.2, -0.15) is 0 Å². The Labute approximate surface area is 134 Å². The summed E-state index contributed by atoms with van der Waals surface area (Å²) in [5, 5.41) is 10.0. The minimum atomic E-state index is -1.35. The molecule has 0 amide bonds. The number of ketones is 1. The van der Waals surface area contributed by atoms with E-state index in [4.69, 9.17) is 4.74 Å². The molecule has 0 fully saturated rings. The lowest BCUT2D eigenvalue weighted by Gasteiger charge is -2.20. The first-order valence-electron chi connectivity index (χ1n) is 8.61. The average molecular weight is 306 g/mol. The van der Waals surface area contributed by atoms with E-state index in [-0.39, 0.29) is 11.9 Å². The molecule has 0 spiro atoms. The van der Waals surface area contributed by atoms with E-state index < -0.39 is 6.29 Å². The number of aliphatic hydroxyl groups is 1. The van der Waals surface area contributed by atoms with Crippen LogP contribution in [0.2, 0.25) is 0 Å². The van der Waals surface area contributed by atoms with Gasteiger partial charge in [0.25, 0.3) is 0 Å². The topological polar surface area (TPSA) is 46.5 Å². The Hall–Kier alpha value is -1.19. The third kappa shape index (κ3) is 7.19. The van der Waals surface area contributed by atoms with E-state index in [9.17, 15) is 9.90 Å². The van der Waals surface area contributed by atoms with Gasteiger partial charge in [-0.1, -0.05) is 82.7 Å². The van der Waals surface area contributed by atoms with Gasteiger partial charge < -0.3 is 9.84 Å². The standard InChI is InChI=1S/C19H30O3/c1-3-5-6-7-11-15-17(12-4-2)22-19(21)18(20)16-13-9-8-10-14-16/h8-10,13-14,17,19,21H,3-7,11-12,15H2,1-2H3. The maximum absolute atomic E-state index is 12.1. The molecule has 0 radical (unpaired) electrons. The van der Waals surface area contributed by atoms with Crippen molar-refractivity contribution >= 4 is 5.78 Å². The number of aliphatic hydroxyl groups excluding tert-OH is 1. The van der Waals surface area contributed by atoms with Crippen LogP contribution in [0, 0.1) is 0 Å². The largest absolute Gasteiger partial charge is 0.362 e. The molecular formula is C19H30O3. The maximum atomic E-state index is 12.1. The quantitative estimate of drug-likeness (QED) is 0.345. The second-order valence-electron chi connectivity index (χ2n) is 5.83. The second kappa shape index (κ2) is 11.4. The third-order valence-electron chi connectivity index (χ3n) is 3.84. The summed E-state index contributed by atoms with van der Waals surface area (Å²) in [6, 6.07) is 8.83. The van der Waals surface area contributed by atoms with Gasteiger partial charge in [-0.05, 0) is 12.8 Å². The normalized spacial score (nSPS) is 13.8. The molecule has 0 aliphatic rings. The van der Waals surface area contributed by atoms with E-state index in [1.54, 1.807) is 24.3 Å². The van der Waals surface area contributed by atoms with Crippen molar-refractivity contribution in [1.29, 1.82) is 0 Å². The Morgan fingerprint density at radius 2 is 1.68 bits per heavy atom. The zero-order chi connectivity index (χ0) is 16.2. The van der Waals surface area contributed by atoms with E-state index in [0.29, 0.717) is 5.56 Å². The van der Waals surface area contributed by atoms with Crippen molar-refractivity contribution in [3.8, 4) is 0 Å². The van der Waals surface area contributed by atoms with Gasteiger partial charge >= 0.3 is 0 Å². The molecule has 3 nitrogen and oxygen atoms in total. The second-order valence-corrected chi connectivity index (χ2v) is 5.83. The monoisotopic (exact) mass is 306 g/mol. The van der Waals surface area contributed by atoms with Crippen LogP contribution in [0.3, 0.4) is 0 Å². The molecule has 1 N–H and O–H groups in total. The van der Waals surface area contributed by atoms with Gasteiger partial charge in [0, 0.05) is 5.56 Å². The van der Waals surface area contributed by atoms with Crippen LogP contribution < -0.4 is 0 Å². The molecule has 0 saturated heterocycles. The number of carbonyl (C=O) groups is 1. The number of hydrogen-bond acceptors (Lipinski definition) is 3. The van der Waals surface area contributed by atoms with Crippen molar-refractivity contribution in [3.63, 3.8) is 0 Å². The van der Waals surface area contributed by atoms with E-state index in [1.807, 2.05) is 6.07 Å². The highest BCUT2D eigenvalue weighted by molar-refractivity contribution is 5.98. The van der Waals surface area contributed by atoms with Crippen LogP contribution in [0.25, 0.3) is 0 Å². The number of hydrogen-bond donors (Lipinski definition) is 1. The van der Waals surface area contributed by atoms with Crippen molar-refractivity contribution in [2.75, 3.05) is 0 Å². The zero-order valence-electron chi connectivity index (χ0n) is 14.0. The Bertz CT molecular complexity index is 402. The van der Waals surface area contributed by atoms with Gasteiger partial charge in [-0.25, -0.2) is 0 Å². The Morgan fingerprint density at radius 3 is 2.32 bits per heavy atom. The molecule has 124 valence electrons. The minimum absolute atomic E-state index is 0.0331. The molecule has 0 aliphatic carbocycles. The first kappa shape index (κ1) is 18.9. The summed E-state index contributed by atoms with van der Waals surface area (Å²) >= 11 is 0. The smallest absolute Gasteiger partial charge is 0.220 e. The molecular weight excluding hydrogens is 276 g/mol. The summed E-state index contributed by atoms with van der Waals surface area (Å²) in [5.41, 5.74) is 0.494. The van der Waals surface area contributed by atoms with Crippen LogP contribution in [-0.2, 0) is 4.74 Å². The van der Waals surface area contributed by atoms with E-state index in [1.165, 1.54) is 25.7 Å². The van der Waals surface area contributed by atoms with Crippen LogP contribution in [0.5, 0.6) is 0 Å². The fraction of sp³-hybridized carbons (Fsp3) is 0.632.